The number of anilines is 1. The lowest BCUT2D eigenvalue weighted by Crippen LogP contribution is -2.09. The number of nitrogens with zero attached hydrogens (tertiary/aromatic N) is 3. The van der Waals surface area contributed by atoms with E-state index in [1.165, 1.54) is 28.9 Å². The minimum Gasteiger partial charge on any atom is -0.478 e. The highest BCUT2D eigenvalue weighted by Gasteiger charge is 2.19. The average molecular weight is 276 g/mol. The molecule has 104 valence electrons. The lowest BCUT2D eigenvalue weighted by atomic mass is 10.2. The summed E-state index contributed by atoms with van der Waals surface area (Å²) in [5.41, 5.74) is 6.34. The Balaban J connectivity index is 2.34. The van der Waals surface area contributed by atoms with Crippen LogP contribution in [-0.4, -0.2) is 38.6 Å². The Morgan fingerprint density at radius 3 is 2.55 bits per heavy atom. The second kappa shape index (κ2) is 5.39. The third-order valence-electron chi connectivity index (χ3n) is 2.53. The standard InChI is InChI=1S/C12H12N4O4/c1-2-20-12(19)9-10(13)16(15-14-9)8-5-3-7(4-6-8)11(17)18/h3-6H,2,13H2,1H3,(H,17,18). The van der Waals surface area contributed by atoms with Crippen LogP contribution in [0.25, 0.3) is 5.69 Å². The number of hydrogen-bond donors (Lipinski definition) is 2. The van der Waals surface area contributed by atoms with Gasteiger partial charge in [-0.05, 0) is 31.2 Å². The minimum atomic E-state index is -1.03. The lowest BCUT2D eigenvalue weighted by Gasteiger charge is -2.03. The van der Waals surface area contributed by atoms with Crippen LogP contribution in [-0.2, 0) is 4.74 Å². The number of nitrogens with two attached hydrogens (primary N) is 1. The maximum absolute atomic E-state index is 11.6. The number of nitrogen functional groups attached to an aromatic ring is 1. The van der Waals surface area contributed by atoms with Crippen molar-refractivity contribution in [3.05, 3.63) is 35.5 Å². The number of aromatic nitrogens is 3. The van der Waals surface area contributed by atoms with Crippen LogP contribution in [0.5, 0.6) is 0 Å². The summed E-state index contributed by atoms with van der Waals surface area (Å²) in [6, 6.07) is 5.85. The summed E-state index contributed by atoms with van der Waals surface area (Å²) in [7, 11) is 0. The van der Waals surface area contributed by atoms with Crippen molar-refractivity contribution in [1.82, 2.24) is 15.0 Å². The minimum absolute atomic E-state index is 0.0338. The molecule has 0 aliphatic heterocycles. The monoisotopic (exact) mass is 276 g/mol. The summed E-state index contributed by atoms with van der Waals surface area (Å²) < 4.78 is 6.03. The smallest absolute Gasteiger partial charge is 0.362 e. The lowest BCUT2D eigenvalue weighted by molar-refractivity contribution is 0.0520. The molecule has 0 aliphatic rings. The van der Waals surface area contributed by atoms with E-state index in [-0.39, 0.29) is 23.7 Å². The molecule has 2 rings (SSSR count). The Morgan fingerprint density at radius 2 is 2.00 bits per heavy atom. The van der Waals surface area contributed by atoms with Crippen molar-refractivity contribution in [1.29, 1.82) is 0 Å². The van der Waals surface area contributed by atoms with Gasteiger partial charge in [0, 0.05) is 0 Å². The Hall–Kier alpha value is -2.90. The van der Waals surface area contributed by atoms with Crippen LogP contribution in [0.1, 0.15) is 27.8 Å². The van der Waals surface area contributed by atoms with E-state index in [0.717, 1.165) is 0 Å². The molecule has 0 amide bonds. The fourth-order valence-electron chi connectivity index (χ4n) is 1.57. The van der Waals surface area contributed by atoms with Gasteiger partial charge in [0.2, 0.25) is 5.69 Å². The number of hydrogen-bond acceptors (Lipinski definition) is 6. The van der Waals surface area contributed by atoms with Crippen molar-refractivity contribution in [2.45, 2.75) is 6.92 Å². The number of esters is 1. The zero-order valence-electron chi connectivity index (χ0n) is 10.6. The topological polar surface area (TPSA) is 120 Å². The van der Waals surface area contributed by atoms with Gasteiger partial charge in [-0.25, -0.2) is 9.59 Å². The normalized spacial score (nSPS) is 10.2. The third-order valence-corrected chi connectivity index (χ3v) is 2.53. The molecule has 0 bridgehead atoms. The molecule has 8 heteroatoms. The van der Waals surface area contributed by atoms with Crippen LogP contribution in [0, 0.1) is 0 Å². The molecule has 1 aromatic carbocycles. The molecule has 0 atom stereocenters. The van der Waals surface area contributed by atoms with Crippen LogP contribution in [0.3, 0.4) is 0 Å². The predicted molar refractivity (Wildman–Crippen MR) is 68.7 cm³/mol. The highest BCUT2D eigenvalue weighted by molar-refractivity contribution is 5.92. The zero-order valence-corrected chi connectivity index (χ0v) is 10.6. The van der Waals surface area contributed by atoms with E-state index in [2.05, 4.69) is 10.3 Å². The number of carboxylic acid groups (broad SMARTS) is 1. The maximum Gasteiger partial charge on any atom is 0.362 e. The molecule has 0 saturated carbocycles. The SMILES string of the molecule is CCOC(=O)c1nnn(-c2ccc(C(=O)O)cc2)c1N. The van der Waals surface area contributed by atoms with E-state index < -0.39 is 11.9 Å². The van der Waals surface area contributed by atoms with E-state index in [4.69, 9.17) is 15.6 Å². The number of rotatable bonds is 4. The van der Waals surface area contributed by atoms with E-state index in [1.807, 2.05) is 0 Å². The first-order chi connectivity index (χ1) is 9.54. The van der Waals surface area contributed by atoms with Gasteiger partial charge in [-0.3, -0.25) is 0 Å². The molecule has 3 N–H and O–H groups in total. The zero-order chi connectivity index (χ0) is 14.7. The summed E-state index contributed by atoms with van der Waals surface area (Å²) in [5.74, 6) is -1.65. The van der Waals surface area contributed by atoms with E-state index in [0.29, 0.717) is 5.69 Å². The van der Waals surface area contributed by atoms with Crippen molar-refractivity contribution < 1.29 is 19.4 Å². The first kappa shape index (κ1) is 13.5. The van der Waals surface area contributed by atoms with Crippen LogP contribution in [0.4, 0.5) is 5.82 Å². The van der Waals surface area contributed by atoms with Crippen molar-refractivity contribution in [2.24, 2.45) is 0 Å². The van der Waals surface area contributed by atoms with Gasteiger partial charge in [0.25, 0.3) is 0 Å². The number of carbonyl (C=O) groups is 2. The molecule has 0 aliphatic carbocycles. The molecule has 20 heavy (non-hydrogen) atoms. The van der Waals surface area contributed by atoms with Gasteiger partial charge in [-0.1, -0.05) is 5.21 Å². The van der Waals surface area contributed by atoms with E-state index in [1.54, 1.807) is 6.92 Å². The highest BCUT2D eigenvalue weighted by Crippen LogP contribution is 2.16. The molecule has 0 spiro atoms. The van der Waals surface area contributed by atoms with Gasteiger partial charge >= 0.3 is 11.9 Å². The van der Waals surface area contributed by atoms with Crippen molar-refractivity contribution in [2.75, 3.05) is 12.3 Å². The number of carbonyl (C=O) groups excluding carboxylic acids is 1. The number of benzene rings is 1. The molecule has 0 radical (unpaired) electrons. The van der Waals surface area contributed by atoms with Gasteiger partial charge in [-0.15, -0.1) is 5.10 Å². The van der Waals surface area contributed by atoms with E-state index >= 15 is 0 Å². The first-order valence-corrected chi connectivity index (χ1v) is 5.76. The molecule has 0 saturated heterocycles. The van der Waals surface area contributed by atoms with Crippen molar-refractivity contribution in [3.8, 4) is 5.69 Å². The van der Waals surface area contributed by atoms with Gasteiger partial charge in [0.05, 0.1) is 17.9 Å². The quantitative estimate of drug-likeness (QED) is 0.789. The molecule has 8 nitrogen and oxygen atoms in total. The van der Waals surface area contributed by atoms with Gasteiger partial charge in [0.1, 0.15) is 0 Å². The first-order valence-electron chi connectivity index (χ1n) is 5.76. The van der Waals surface area contributed by atoms with Crippen LogP contribution in [0.15, 0.2) is 24.3 Å². The Labute approximate surface area is 113 Å². The summed E-state index contributed by atoms with van der Waals surface area (Å²) in [4.78, 5) is 22.3. The van der Waals surface area contributed by atoms with E-state index in [9.17, 15) is 9.59 Å². The Kier molecular flexibility index (Phi) is 3.65. The second-order valence-corrected chi connectivity index (χ2v) is 3.81. The fourth-order valence-corrected chi connectivity index (χ4v) is 1.57. The molecular formula is C12H12N4O4. The van der Waals surface area contributed by atoms with Crippen LogP contribution >= 0.6 is 0 Å². The van der Waals surface area contributed by atoms with Crippen molar-refractivity contribution in [3.63, 3.8) is 0 Å². The summed E-state index contributed by atoms with van der Waals surface area (Å²) in [6.45, 7) is 1.88. The van der Waals surface area contributed by atoms with Crippen LogP contribution in [0.2, 0.25) is 0 Å². The summed E-state index contributed by atoms with van der Waals surface area (Å²) >= 11 is 0. The number of carboxylic acids is 1. The summed E-state index contributed by atoms with van der Waals surface area (Å²) in [6.07, 6.45) is 0. The van der Waals surface area contributed by atoms with Gasteiger partial charge in [-0.2, -0.15) is 4.68 Å². The molecule has 2 aromatic rings. The Bertz CT molecular complexity index is 648. The number of ether oxygens (including phenoxy) is 1. The third kappa shape index (κ3) is 2.44. The van der Waals surface area contributed by atoms with Gasteiger partial charge in [0.15, 0.2) is 5.82 Å². The van der Waals surface area contributed by atoms with Crippen LogP contribution < -0.4 is 5.73 Å². The molecule has 1 aromatic heterocycles. The second-order valence-electron chi connectivity index (χ2n) is 3.81. The van der Waals surface area contributed by atoms with Crippen molar-refractivity contribution >= 4 is 17.8 Å². The molecule has 0 fully saturated rings. The number of aromatic carboxylic acids is 1. The average Bonchev–Trinajstić information content (AvgIpc) is 2.81. The summed E-state index contributed by atoms with van der Waals surface area (Å²) in [5, 5.41) is 16.2. The predicted octanol–water partition coefficient (Wildman–Crippen LogP) is 0.724. The molecular weight excluding hydrogens is 264 g/mol. The largest absolute Gasteiger partial charge is 0.478 e. The van der Waals surface area contributed by atoms with Gasteiger partial charge < -0.3 is 15.6 Å². The highest BCUT2D eigenvalue weighted by atomic mass is 16.5. The maximum atomic E-state index is 11.6. The fraction of sp³-hybridized carbons (Fsp3) is 0.167. The molecule has 1 heterocycles. The molecule has 0 unspecified atom stereocenters. The Morgan fingerprint density at radius 1 is 1.35 bits per heavy atom.